The summed E-state index contributed by atoms with van der Waals surface area (Å²) in [7, 11) is 3.60. The summed E-state index contributed by atoms with van der Waals surface area (Å²) >= 11 is 18.1. The molecule has 1 heterocycles. The van der Waals surface area contributed by atoms with Gasteiger partial charge in [0.05, 0.1) is 10.0 Å². The molecule has 0 saturated carbocycles. The SMILES string of the molecule is CN(C)c1nc(Cl)c(C#N)nc1-c1cccc(Cl)c1Cl. The van der Waals surface area contributed by atoms with Crippen molar-refractivity contribution in [3.05, 3.63) is 39.1 Å². The van der Waals surface area contributed by atoms with Gasteiger partial charge in [0.1, 0.15) is 11.8 Å². The average molecular weight is 328 g/mol. The van der Waals surface area contributed by atoms with Crippen LogP contribution in [0.25, 0.3) is 11.3 Å². The van der Waals surface area contributed by atoms with E-state index in [1.807, 2.05) is 6.07 Å². The van der Waals surface area contributed by atoms with Crippen LogP contribution < -0.4 is 4.90 Å². The van der Waals surface area contributed by atoms with Gasteiger partial charge in [-0.2, -0.15) is 5.26 Å². The summed E-state index contributed by atoms with van der Waals surface area (Å²) in [5.41, 5.74) is 1.11. The first-order chi connectivity index (χ1) is 9.45. The molecule has 0 radical (unpaired) electrons. The number of halogens is 3. The van der Waals surface area contributed by atoms with Crippen LogP contribution >= 0.6 is 34.8 Å². The number of anilines is 1. The van der Waals surface area contributed by atoms with Gasteiger partial charge in [-0.15, -0.1) is 0 Å². The van der Waals surface area contributed by atoms with Crippen molar-refractivity contribution in [3.63, 3.8) is 0 Å². The van der Waals surface area contributed by atoms with Gasteiger partial charge in [-0.3, -0.25) is 0 Å². The first kappa shape index (κ1) is 14.9. The Morgan fingerprint density at radius 2 is 1.85 bits per heavy atom. The minimum absolute atomic E-state index is 0.0447. The van der Waals surface area contributed by atoms with Crippen LogP contribution in [0.2, 0.25) is 15.2 Å². The molecule has 0 aliphatic rings. The molecular weight excluding hydrogens is 319 g/mol. The zero-order valence-corrected chi connectivity index (χ0v) is 12.9. The van der Waals surface area contributed by atoms with Crippen LogP contribution in [-0.2, 0) is 0 Å². The van der Waals surface area contributed by atoms with E-state index in [2.05, 4.69) is 9.97 Å². The third kappa shape index (κ3) is 2.66. The summed E-state index contributed by atoms with van der Waals surface area (Å²) < 4.78 is 0. The summed E-state index contributed by atoms with van der Waals surface area (Å²) in [5, 5.41) is 9.85. The predicted molar refractivity (Wildman–Crippen MR) is 81.5 cm³/mol. The number of hydrogen-bond acceptors (Lipinski definition) is 4. The molecule has 0 saturated heterocycles. The Hall–Kier alpha value is -1.54. The summed E-state index contributed by atoms with van der Waals surface area (Å²) in [6.07, 6.45) is 0. The molecule has 0 amide bonds. The van der Waals surface area contributed by atoms with Gasteiger partial charge in [0.2, 0.25) is 0 Å². The lowest BCUT2D eigenvalue weighted by Gasteiger charge is -2.17. The summed E-state index contributed by atoms with van der Waals surface area (Å²) in [6.45, 7) is 0. The highest BCUT2D eigenvalue weighted by molar-refractivity contribution is 6.43. The third-order valence-corrected chi connectivity index (χ3v) is 3.65. The molecule has 0 aliphatic carbocycles. The fourth-order valence-corrected chi connectivity index (χ4v) is 2.21. The molecule has 0 aliphatic heterocycles. The molecular formula is C13H9Cl3N4. The maximum atomic E-state index is 9.03. The minimum Gasteiger partial charge on any atom is -0.361 e. The molecule has 1 aromatic carbocycles. The van der Waals surface area contributed by atoms with Crippen LogP contribution in [0.4, 0.5) is 5.82 Å². The van der Waals surface area contributed by atoms with Gasteiger partial charge in [-0.1, -0.05) is 46.9 Å². The highest BCUT2D eigenvalue weighted by Gasteiger charge is 2.18. The van der Waals surface area contributed by atoms with Crippen molar-refractivity contribution < 1.29 is 0 Å². The maximum Gasteiger partial charge on any atom is 0.178 e. The third-order valence-electron chi connectivity index (χ3n) is 2.57. The van der Waals surface area contributed by atoms with Crippen molar-refractivity contribution in [1.82, 2.24) is 9.97 Å². The van der Waals surface area contributed by atoms with Crippen LogP contribution in [0.15, 0.2) is 18.2 Å². The van der Waals surface area contributed by atoms with Crippen LogP contribution in [-0.4, -0.2) is 24.1 Å². The lowest BCUT2D eigenvalue weighted by atomic mass is 10.1. The van der Waals surface area contributed by atoms with E-state index in [-0.39, 0.29) is 10.8 Å². The lowest BCUT2D eigenvalue weighted by molar-refractivity contribution is 1.04. The molecule has 0 bridgehead atoms. The number of nitriles is 1. The van der Waals surface area contributed by atoms with E-state index in [1.54, 1.807) is 37.2 Å². The van der Waals surface area contributed by atoms with E-state index in [1.165, 1.54) is 0 Å². The van der Waals surface area contributed by atoms with E-state index in [9.17, 15) is 0 Å². The molecule has 0 unspecified atom stereocenters. The second-order valence-corrected chi connectivity index (χ2v) is 5.29. The lowest BCUT2D eigenvalue weighted by Crippen LogP contribution is -2.14. The van der Waals surface area contributed by atoms with Crippen LogP contribution in [0, 0.1) is 11.3 Å². The van der Waals surface area contributed by atoms with Crippen LogP contribution in [0.1, 0.15) is 5.69 Å². The Morgan fingerprint density at radius 1 is 1.15 bits per heavy atom. The monoisotopic (exact) mass is 326 g/mol. The van der Waals surface area contributed by atoms with Crippen LogP contribution in [0.3, 0.4) is 0 Å². The molecule has 0 spiro atoms. The van der Waals surface area contributed by atoms with Crippen molar-refractivity contribution >= 4 is 40.6 Å². The van der Waals surface area contributed by atoms with Gasteiger partial charge >= 0.3 is 0 Å². The van der Waals surface area contributed by atoms with E-state index in [0.717, 1.165) is 0 Å². The molecule has 7 heteroatoms. The Morgan fingerprint density at radius 3 is 2.45 bits per heavy atom. The fourth-order valence-electron chi connectivity index (χ4n) is 1.66. The Balaban J connectivity index is 2.78. The number of aromatic nitrogens is 2. The molecule has 102 valence electrons. The largest absolute Gasteiger partial charge is 0.361 e. The minimum atomic E-state index is 0.0447. The van der Waals surface area contributed by atoms with Gasteiger partial charge < -0.3 is 4.90 Å². The Labute approximate surface area is 131 Å². The zero-order chi connectivity index (χ0) is 14.9. The first-order valence-electron chi connectivity index (χ1n) is 5.55. The van der Waals surface area contributed by atoms with Gasteiger partial charge in [0.25, 0.3) is 0 Å². The topological polar surface area (TPSA) is 52.8 Å². The molecule has 2 rings (SSSR count). The number of nitrogens with zero attached hydrogens (tertiary/aromatic N) is 4. The Bertz CT molecular complexity index is 707. The molecule has 4 nitrogen and oxygen atoms in total. The number of benzene rings is 1. The van der Waals surface area contributed by atoms with Gasteiger partial charge in [0, 0.05) is 19.7 Å². The van der Waals surface area contributed by atoms with Crippen molar-refractivity contribution in [1.29, 1.82) is 5.26 Å². The van der Waals surface area contributed by atoms with Gasteiger partial charge in [-0.25, -0.2) is 9.97 Å². The quantitative estimate of drug-likeness (QED) is 0.835. The summed E-state index contributed by atoms with van der Waals surface area (Å²) in [5.74, 6) is 0.512. The fraction of sp³-hybridized carbons (Fsp3) is 0.154. The van der Waals surface area contributed by atoms with E-state index >= 15 is 0 Å². The highest BCUT2D eigenvalue weighted by atomic mass is 35.5. The molecule has 0 atom stereocenters. The van der Waals surface area contributed by atoms with E-state index in [4.69, 9.17) is 40.1 Å². The molecule has 20 heavy (non-hydrogen) atoms. The molecule has 0 N–H and O–H groups in total. The highest BCUT2D eigenvalue weighted by Crippen LogP contribution is 2.36. The Kier molecular flexibility index (Phi) is 4.34. The smallest absolute Gasteiger partial charge is 0.178 e. The maximum absolute atomic E-state index is 9.03. The molecule has 0 fully saturated rings. The van der Waals surface area contributed by atoms with Gasteiger partial charge in [0.15, 0.2) is 16.7 Å². The molecule has 1 aromatic heterocycles. The normalized spacial score (nSPS) is 10.2. The summed E-state index contributed by atoms with van der Waals surface area (Å²) in [6, 6.07) is 7.10. The number of hydrogen-bond donors (Lipinski definition) is 0. The van der Waals surface area contributed by atoms with E-state index in [0.29, 0.717) is 27.1 Å². The number of rotatable bonds is 2. The van der Waals surface area contributed by atoms with Crippen molar-refractivity contribution in [2.24, 2.45) is 0 Å². The van der Waals surface area contributed by atoms with Gasteiger partial charge in [-0.05, 0) is 6.07 Å². The van der Waals surface area contributed by atoms with Crippen molar-refractivity contribution in [2.45, 2.75) is 0 Å². The van der Waals surface area contributed by atoms with Crippen molar-refractivity contribution in [3.8, 4) is 17.3 Å². The van der Waals surface area contributed by atoms with Crippen molar-refractivity contribution in [2.75, 3.05) is 19.0 Å². The summed E-state index contributed by atoms with van der Waals surface area (Å²) in [4.78, 5) is 10.2. The first-order valence-corrected chi connectivity index (χ1v) is 6.68. The standard InChI is InChI=1S/C13H9Cl3N4/c1-20(2)13-11(18-9(6-17)12(16)19-13)7-4-3-5-8(14)10(7)15/h3-5H,1-2H3. The second kappa shape index (κ2) is 5.84. The average Bonchev–Trinajstić information content (AvgIpc) is 2.41. The van der Waals surface area contributed by atoms with E-state index < -0.39 is 0 Å². The predicted octanol–water partition coefficient (Wildman–Crippen LogP) is 4.04. The second-order valence-electron chi connectivity index (χ2n) is 4.14. The zero-order valence-electron chi connectivity index (χ0n) is 10.7. The molecule has 2 aromatic rings. The van der Waals surface area contributed by atoms with Crippen LogP contribution in [0.5, 0.6) is 0 Å².